The smallest absolute Gasteiger partial charge is 0.310 e. The van der Waals surface area contributed by atoms with E-state index < -0.39 is 4.92 Å². The van der Waals surface area contributed by atoms with Crippen LogP contribution in [0.15, 0.2) is 18.2 Å². The monoisotopic (exact) mass is 260 g/mol. The van der Waals surface area contributed by atoms with Crippen molar-refractivity contribution in [2.75, 3.05) is 31.2 Å². The lowest BCUT2D eigenvalue weighted by Crippen LogP contribution is -2.30. The van der Waals surface area contributed by atoms with E-state index in [1.54, 1.807) is 6.07 Å². The molecule has 1 aromatic rings. The Kier molecular flexibility index (Phi) is 5.14. The van der Waals surface area contributed by atoms with E-state index in [2.05, 4.69) is 0 Å². The Hall–Kier alpha value is -1.37. The van der Waals surface area contributed by atoms with Crippen molar-refractivity contribution in [2.24, 2.45) is 0 Å². The molecule has 0 spiro atoms. The Balaban J connectivity index is 3.17. The molecule has 0 fully saturated rings. The maximum atomic E-state index is 10.9. The highest BCUT2D eigenvalue weighted by atomic mass is 35.5. The van der Waals surface area contributed by atoms with Crippen LogP contribution >= 0.6 is 11.6 Å². The SMILES string of the molecule is O=[N+]([O-])c1c(Cl)cccc1N(CCO)CCO. The fourth-order valence-corrected chi connectivity index (χ4v) is 1.77. The summed E-state index contributed by atoms with van der Waals surface area (Å²) < 4.78 is 0. The number of halogens is 1. The highest BCUT2D eigenvalue weighted by Crippen LogP contribution is 2.34. The van der Waals surface area contributed by atoms with E-state index in [4.69, 9.17) is 21.8 Å². The quantitative estimate of drug-likeness (QED) is 0.589. The molecule has 0 unspecified atom stereocenters. The van der Waals surface area contributed by atoms with Crippen molar-refractivity contribution >= 4 is 23.0 Å². The third kappa shape index (κ3) is 3.29. The zero-order valence-electron chi connectivity index (χ0n) is 9.04. The van der Waals surface area contributed by atoms with Crippen LogP contribution < -0.4 is 4.90 Å². The van der Waals surface area contributed by atoms with Gasteiger partial charge in [0.2, 0.25) is 0 Å². The van der Waals surface area contributed by atoms with Crippen LogP contribution in [0, 0.1) is 10.1 Å². The molecule has 0 bridgehead atoms. The first kappa shape index (κ1) is 13.7. The van der Waals surface area contributed by atoms with Crippen molar-refractivity contribution in [1.29, 1.82) is 0 Å². The van der Waals surface area contributed by atoms with Crippen molar-refractivity contribution in [3.05, 3.63) is 33.3 Å². The summed E-state index contributed by atoms with van der Waals surface area (Å²) in [6.07, 6.45) is 0. The third-order valence-corrected chi connectivity index (χ3v) is 2.53. The highest BCUT2D eigenvalue weighted by molar-refractivity contribution is 6.33. The first-order valence-corrected chi connectivity index (χ1v) is 5.39. The number of benzene rings is 1. The fourth-order valence-electron chi connectivity index (χ4n) is 1.53. The van der Waals surface area contributed by atoms with Crippen molar-refractivity contribution in [3.8, 4) is 0 Å². The third-order valence-electron chi connectivity index (χ3n) is 2.23. The molecule has 7 heteroatoms. The van der Waals surface area contributed by atoms with Crippen LogP contribution in [0.3, 0.4) is 0 Å². The lowest BCUT2D eigenvalue weighted by molar-refractivity contribution is -0.384. The molecular formula is C10H13ClN2O4. The number of hydrogen-bond donors (Lipinski definition) is 2. The molecule has 17 heavy (non-hydrogen) atoms. The summed E-state index contributed by atoms with van der Waals surface area (Å²) in [6, 6.07) is 4.56. The van der Waals surface area contributed by atoms with Crippen LogP contribution in [-0.2, 0) is 0 Å². The number of aliphatic hydroxyl groups excluding tert-OH is 2. The molecule has 94 valence electrons. The number of anilines is 1. The normalized spacial score (nSPS) is 10.3. The van der Waals surface area contributed by atoms with Crippen LogP contribution in [0.25, 0.3) is 0 Å². The second kappa shape index (κ2) is 6.39. The zero-order valence-corrected chi connectivity index (χ0v) is 9.80. The second-order valence-electron chi connectivity index (χ2n) is 3.30. The molecule has 0 heterocycles. The van der Waals surface area contributed by atoms with Gasteiger partial charge in [-0.25, -0.2) is 0 Å². The molecule has 0 amide bonds. The van der Waals surface area contributed by atoms with Gasteiger partial charge in [-0.05, 0) is 12.1 Å². The van der Waals surface area contributed by atoms with E-state index in [0.29, 0.717) is 5.69 Å². The van der Waals surface area contributed by atoms with Crippen LogP contribution in [0.5, 0.6) is 0 Å². The van der Waals surface area contributed by atoms with E-state index in [1.807, 2.05) is 0 Å². The number of rotatable bonds is 6. The highest BCUT2D eigenvalue weighted by Gasteiger charge is 2.22. The van der Waals surface area contributed by atoms with E-state index in [9.17, 15) is 10.1 Å². The van der Waals surface area contributed by atoms with Gasteiger partial charge in [0.25, 0.3) is 0 Å². The second-order valence-corrected chi connectivity index (χ2v) is 3.71. The largest absolute Gasteiger partial charge is 0.395 e. The molecule has 0 atom stereocenters. The molecule has 0 radical (unpaired) electrons. The topological polar surface area (TPSA) is 86.8 Å². The standard InChI is InChI=1S/C10H13ClN2O4/c11-8-2-1-3-9(10(8)13(16)17)12(4-6-14)5-7-15/h1-3,14-15H,4-7H2. The van der Waals surface area contributed by atoms with Crippen molar-refractivity contribution in [2.45, 2.75) is 0 Å². The van der Waals surface area contributed by atoms with Crippen LogP contribution in [0.1, 0.15) is 0 Å². The van der Waals surface area contributed by atoms with Gasteiger partial charge in [0, 0.05) is 13.1 Å². The van der Waals surface area contributed by atoms with Gasteiger partial charge in [0.1, 0.15) is 10.7 Å². The van der Waals surface area contributed by atoms with Crippen LogP contribution in [0.4, 0.5) is 11.4 Å². The lowest BCUT2D eigenvalue weighted by atomic mass is 10.2. The van der Waals surface area contributed by atoms with Gasteiger partial charge in [-0.3, -0.25) is 10.1 Å². The molecule has 2 N–H and O–H groups in total. The Morgan fingerprint density at radius 3 is 2.35 bits per heavy atom. The molecule has 6 nitrogen and oxygen atoms in total. The Morgan fingerprint density at radius 1 is 1.29 bits per heavy atom. The van der Waals surface area contributed by atoms with Gasteiger partial charge < -0.3 is 15.1 Å². The minimum atomic E-state index is -0.570. The van der Waals surface area contributed by atoms with Crippen LogP contribution in [0.2, 0.25) is 5.02 Å². The zero-order chi connectivity index (χ0) is 12.8. The molecule has 0 saturated heterocycles. The van der Waals surface area contributed by atoms with Gasteiger partial charge in [-0.15, -0.1) is 0 Å². The Morgan fingerprint density at radius 2 is 1.88 bits per heavy atom. The predicted molar refractivity (Wildman–Crippen MR) is 64.5 cm³/mol. The average Bonchev–Trinajstić information content (AvgIpc) is 2.28. The van der Waals surface area contributed by atoms with Crippen LogP contribution in [-0.4, -0.2) is 41.4 Å². The van der Waals surface area contributed by atoms with Gasteiger partial charge in [0.05, 0.1) is 18.1 Å². The van der Waals surface area contributed by atoms with Gasteiger partial charge >= 0.3 is 5.69 Å². The van der Waals surface area contributed by atoms with Gasteiger partial charge in [0.15, 0.2) is 0 Å². The summed E-state index contributed by atoms with van der Waals surface area (Å²) in [7, 11) is 0. The van der Waals surface area contributed by atoms with Crippen molar-refractivity contribution in [1.82, 2.24) is 0 Å². The molecule has 1 rings (SSSR count). The Bertz CT molecular complexity index is 394. The molecule has 0 aliphatic rings. The molecule has 0 aliphatic heterocycles. The summed E-state index contributed by atoms with van der Waals surface area (Å²) in [5.41, 5.74) is 0.0849. The molecule has 0 saturated carbocycles. The molecule has 0 aliphatic carbocycles. The summed E-state index contributed by atoms with van der Waals surface area (Å²) in [5, 5.41) is 28.8. The molecule has 1 aromatic carbocycles. The summed E-state index contributed by atoms with van der Waals surface area (Å²) in [5.74, 6) is 0. The average molecular weight is 261 g/mol. The minimum Gasteiger partial charge on any atom is -0.395 e. The van der Waals surface area contributed by atoms with E-state index in [0.717, 1.165) is 0 Å². The van der Waals surface area contributed by atoms with E-state index >= 15 is 0 Å². The number of nitro benzene ring substituents is 1. The van der Waals surface area contributed by atoms with Gasteiger partial charge in [-0.1, -0.05) is 17.7 Å². The maximum absolute atomic E-state index is 10.9. The summed E-state index contributed by atoms with van der Waals surface area (Å²) in [6.45, 7) is 0.0663. The summed E-state index contributed by atoms with van der Waals surface area (Å²) in [4.78, 5) is 11.9. The molecule has 0 aromatic heterocycles. The number of hydrogen-bond acceptors (Lipinski definition) is 5. The first-order valence-electron chi connectivity index (χ1n) is 5.01. The first-order chi connectivity index (χ1) is 8.11. The number of aliphatic hydroxyl groups is 2. The number of para-hydroxylation sites is 1. The number of nitrogens with zero attached hydrogens (tertiary/aromatic N) is 2. The predicted octanol–water partition coefficient (Wildman–Crippen LogP) is 1.04. The van der Waals surface area contributed by atoms with E-state index in [-0.39, 0.29) is 37.0 Å². The van der Waals surface area contributed by atoms with Crippen molar-refractivity contribution < 1.29 is 15.1 Å². The van der Waals surface area contributed by atoms with Gasteiger partial charge in [-0.2, -0.15) is 0 Å². The number of nitro groups is 1. The minimum absolute atomic E-state index is 0.0355. The van der Waals surface area contributed by atoms with E-state index in [1.165, 1.54) is 17.0 Å². The maximum Gasteiger partial charge on any atom is 0.310 e. The lowest BCUT2D eigenvalue weighted by Gasteiger charge is -2.22. The van der Waals surface area contributed by atoms with Crippen molar-refractivity contribution in [3.63, 3.8) is 0 Å². The molecular weight excluding hydrogens is 248 g/mol. The Labute approximate surface area is 103 Å². The summed E-state index contributed by atoms with van der Waals surface area (Å²) >= 11 is 5.78. The fraction of sp³-hybridized carbons (Fsp3) is 0.400.